The van der Waals surface area contributed by atoms with Crippen molar-refractivity contribution in [2.45, 2.75) is 19.4 Å². The van der Waals surface area contributed by atoms with Crippen LogP contribution in [0.5, 0.6) is 0 Å². The highest BCUT2D eigenvalue weighted by atomic mass is 35.5. The molecule has 26 heavy (non-hydrogen) atoms. The van der Waals surface area contributed by atoms with Gasteiger partial charge in [0, 0.05) is 22.8 Å². The van der Waals surface area contributed by atoms with Crippen molar-refractivity contribution < 1.29 is 0 Å². The summed E-state index contributed by atoms with van der Waals surface area (Å²) in [5.41, 5.74) is 6.21. The summed E-state index contributed by atoms with van der Waals surface area (Å²) in [7, 11) is 0. The summed E-state index contributed by atoms with van der Waals surface area (Å²) in [6.07, 6.45) is 5.96. The van der Waals surface area contributed by atoms with Crippen LogP contribution in [0.4, 0.5) is 5.69 Å². The number of anilines is 1. The van der Waals surface area contributed by atoms with E-state index < -0.39 is 5.54 Å². The minimum absolute atomic E-state index is 0.414. The van der Waals surface area contributed by atoms with Gasteiger partial charge in [-0.1, -0.05) is 61.8 Å². The molecule has 0 amide bonds. The molecule has 1 aliphatic rings. The van der Waals surface area contributed by atoms with Gasteiger partial charge in [-0.3, -0.25) is 5.43 Å². The lowest BCUT2D eigenvalue weighted by Gasteiger charge is -2.38. The average Bonchev–Trinajstić information content (AvgIpc) is 2.67. The van der Waals surface area contributed by atoms with Crippen molar-refractivity contribution in [1.82, 2.24) is 10.3 Å². The predicted molar refractivity (Wildman–Crippen MR) is 111 cm³/mol. The van der Waals surface area contributed by atoms with Crippen molar-refractivity contribution >= 4 is 23.5 Å². The summed E-state index contributed by atoms with van der Waals surface area (Å²) in [6.45, 7) is 7.13. The summed E-state index contributed by atoms with van der Waals surface area (Å²) in [5.74, 6) is 0. The van der Waals surface area contributed by atoms with Gasteiger partial charge in [0.1, 0.15) is 5.54 Å². The second-order valence-corrected chi connectivity index (χ2v) is 6.82. The van der Waals surface area contributed by atoms with E-state index in [-0.39, 0.29) is 0 Å². The fraction of sp³-hybridized carbons (Fsp3) is 0.286. The Bertz CT molecular complexity index is 784. The summed E-state index contributed by atoms with van der Waals surface area (Å²) in [5, 5.41) is 8.59. The highest BCUT2D eigenvalue weighted by molar-refractivity contribution is 6.30. The smallest absolute Gasteiger partial charge is 0.114 e. The standard InChI is InChI=1S/C21H25ClN4/c1-3-26(4-2)16-21(25-24-15-17-8-6-5-7-9-17)12-13-23-20-14-18(22)10-11-19(20)21/h5-15,23,25H,3-4,16H2,1-2H3/b24-15+. The fourth-order valence-electron chi connectivity index (χ4n) is 3.22. The van der Waals surface area contributed by atoms with E-state index in [9.17, 15) is 0 Å². The Morgan fingerprint density at radius 1 is 1.15 bits per heavy atom. The topological polar surface area (TPSA) is 39.7 Å². The molecular formula is C21H25ClN4. The van der Waals surface area contributed by atoms with E-state index in [1.165, 1.54) is 0 Å². The Hall–Kier alpha value is -2.30. The number of nitrogens with zero attached hydrogens (tertiary/aromatic N) is 2. The third-order valence-corrected chi connectivity index (χ3v) is 4.95. The lowest BCUT2D eigenvalue weighted by Crippen LogP contribution is -2.49. The minimum atomic E-state index is -0.414. The number of rotatable bonds is 7. The zero-order valence-corrected chi connectivity index (χ0v) is 16.0. The van der Waals surface area contributed by atoms with E-state index in [1.54, 1.807) is 0 Å². The molecule has 0 radical (unpaired) electrons. The van der Waals surface area contributed by atoms with Crippen molar-refractivity contribution in [2.75, 3.05) is 25.0 Å². The first-order chi connectivity index (χ1) is 12.7. The van der Waals surface area contributed by atoms with Crippen LogP contribution >= 0.6 is 11.6 Å². The van der Waals surface area contributed by atoms with Gasteiger partial charge in [-0.2, -0.15) is 5.10 Å². The van der Waals surface area contributed by atoms with Gasteiger partial charge in [0.25, 0.3) is 0 Å². The van der Waals surface area contributed by atoms with Crippen LogP contribution in [0, 0.1) is 0 Å². The van der Waals surface area contributed by atoms with Gasteiger partial charge in [-0.15, -0.1) is 0 Å². The maximum Gasteiger partial charge on any atom is 0.114 e. The monoisotopic (exact) mass is 368 g/mol. The zero-order valence-electron chi connectivity index (χ0n) is 15.2. The number of likely N-dealkylation sites (N-methyl/N-ethyl adjacent to an activating group) is 1. The Kier molecular flexibility index (Phi) is 5.96. The molecule has 4 nitrogen and oxygen atoms in total. The van der Waals surface area contributed by atoms with E-state index in [0.717, 1.165) is 41.5 Å². The van der Waals surface area contributed by atoms with Gasteiger partial charge in [-0.25, -0.2) is 0 Å². The second kappa shape index (κ2) is 8.39. The Morgan fingerprint density at radius 3 is 2.65 bits per heavy atom. The molecule has 2 aromatic rings. The molecule has 2 aromatic carbocycles. The van der Waals surface area contributed by atoms with Gasteiger partial charge in [-0.05, 0) is 43.1 Å². The maximum absolute atomic E-state index is 6.19. The van der Waals surface area contributed by atoms with E-state index in [0.29, 0.717) is 0 Å². The molecule has 0 aromatic heterocycles. The van der Waals surface area contributed by atoms with Crippen molar-refractivity contribution in [3.8, 4) is 0 Å². The number of nitrogens with one attached hydrogen (secondary N) is 2. The Morgan fingerprint density at radius 2 is 1.92 bits per heavy atom. The lowest BCUT2D eigenvalue weighted by molar-refractivity contribution is 0.226. The fourth-order valence-corrected chi connectivity index (χ4v) is 3.39. The quantitative estimate of drug-likeness (QED) is 0.560. The van der Waals surface area contributed by atoms with Crippen molar-refractivity contribution in [1.29, 1.82) is 0 Å². The highest BCUT2D eigenvalue weighted by Crippen LogP contribution is 2.35. The zero-order chi connectivity index (χ0) is 18.4. The van der Waals surface area contributed by atoms with Crippen molar-refractivity contribution in [3.05, 3.63) is 77.0 Å². The predicted octanol–water partition coefficient (Wildman–Crippen LogP) is 4.44. The molecule has 0 saturated carbocycles. The minimum Gasteiger partial charge on any atom is -0.362 e. The van der Waals surface area contributed by atoms with Crippen LogP contribution in [-0.4, -0.2) is 30.7 Å². The summed E-state index contributed by atoms with van der Waals surface area (Å²) in [4.78, 5) is 2.39. The molecule has 1 aliphatic heterocycles. The largest absolute Gasteiger partial charge is 0.362 e. The molecule has 2 N–H and O–H groups in total. The number of hydrazone groups is 1. The molecule has 0 aliphatic carbocycles. The van der Waals surface area contributed by atoms with Gasteiger partial charge >= 0.3 is 0 Å². The van der Waals surface area contributed by atoms with Crippen LogP contribution in [0.25, 0.3) is 0 Å². The number of hydrogen-bond acceptors (Lipinski definition) is 4. The molecule has 136 valence electrons. The molecule has 5 heteroatoms. The Balaban J connectivity index is 1.94. The van der Waals surface area contributed by atoms with Gasteiger partial charge in [0.05, 0.1) is 6.21 Å². The van der Waals surface area contributed by atoms with Crippen molar-refractivity contribution in [3.63, 3.8) is 0 Å². The van der Waals surface area contributed by atoms with E-state index in [2.05, 4.69) is 46.7 Å². The second-order valence-electron chi connectivity index (χ2n) is 6.38. The summed E-state index contributed by atoms with van der Waals surface area (Å²) in [6, 6.07) is 16.1. The van der Waals surface area contributed by atoms with Gasteiger partial charge < -0.3 is 10.2 Å². The van der Waals surface area contributed by atoms with Crippen LogP contribution in [0.2, 0.25) is 5.02 Å². The molecule has 1 atom stereocenters. The molecule has 0 saturated heterocycles. The van der Waals surface area contributed by atoms with Crippen LogP contribution in [0.15, 0.2) is 65.9 Å². The van der Waals surface area contributed by atoms with Gasteiger partial charge in [0.2, 0.25) is 0 Å². The third kappa shape index (κ3) is 4.09. The average molecular weight is 369 g/mol. The first kappa shape index (κ1) is 18.5. The van der Waals surface area contributed by atoms with Crippen LogP contribution in [-0.2, 0) is 5.54 Å². The molecule has 3 rings (SSSR count). The maximum atomic E-state index is 6.19. The van der Waals surface area contributed by atoms with Crippen LogP contribution in [0.1, 0.15) is 25.0 Å². The molecule has 1 unspecified atom stereocenters. The highest BCUT2D eigenvalue weighted by Gasteiger charge is 2.35. The molecule has 0 bridgehead atoms. The first-order valence-electron chi connectivity index (χ1n) is 8.99. The summed E-state index contributed by atoms with van der Waals surface area (Å²) >= 11 is 6.19. The third-order valence-electron chi connectivity index (χ3n) is 4.71. The Labute approximate surface area is 160 Å². The lowest BCUT2D eigenvalue weighted by atomic mass is 9.86. The van der Waals surface area contributed by atoms with Crippen molar-refractivity contribution in [2.24, 2.45) is 5.10 Å². The number of benzene rings is 2. The van der Waals surface area contributed by atoms with Crippen LogP contribution < -0.4 is 10.7 Å². The van der Waals surface area contributed by atoms with E-state index >= 15 is 0 Å². The number of halogens is 1. The molecular weight excluding hydrogens is 344 g/mol. The first-order valence-corrected chi connectivity index (χ1v) is 9.36. The number of fused-ring (bicyclic) bond motifs is 1. The molecule has 0 fully saturated rings. The van der Waals surface area contributed by atoms with Crippen LogP contribution in [0.3, 0.4) is 0 Å². The SMILES string of the molecule is CCN(CC)CC1(N/N=C/c2ccccc2)C=CNc2cc(Cl)ccc21. The molecule has 1 heterocycles. The summed E-state index contributed by atoms with van der Waals surface area (Å²) < 4.78 is 0. The van der Waals surface area contributed by atoms with Gasteiger partial charge in [0.15, 0.2) is 0 Å². The number of hydrogen-bond donors (Lipinski definition) is 2. The van der Waals surface area contributed by atoms with E-state index in [1.807, 2.05) is 54.9 Å². The van der Waals surface area contributed by atoms with E-state index in [4.69, 9.17) is 11.6 Å². The molecule has 0 spiro atoms. The normalized spacial score (nSPS) is 18.8.